The summed E-state index contributed by atoms with van der Waals surface area (Å²) in [4.78, 5) is 16.1. The molecule has 0 aliphatic carbocycles. The van der Waals surface area contributed by atoms with Crippen molar-refractivity contribution in [2.75, 3.05) is 14.2 Å². The van der Waals surface area contributed by atoms with E-state index < -0.39 is 12.0 Å². The average molecular weight is 306 g/mol. The Bertz CT molecular complexity index is 713. The van der Waals surface area contributed by atoms with Crippen molar-refractivity contribution < 1.29 is 19.4 Å². The van der Waals surface area contributed by atoms with Gasteiger partial charge in [-0.25, -0.2) is 9.78 Å². The van der Waals surface area contributed by atoms with Gasteiger partial charge in [-0.1, -0.05) is 20.8 Å². The Kier molecular flexibility index (Phi) is 4.04. The lowest BCUT2D eigenvalue weighted by Gasteiger charge is -2.22. The first-order chi connectivity index (χ1) is 10.2. The molecule has 120 valence electrons. The number of methoxy groups -OCH3 is 2. The molecule has 0 spiro atoms. The van der Waals surface area contributed by atoms with Gasteiger partial charge in [-0.2, -0.15) is 0 Å². The summed E-state index contributed by atoms with van der Waals surface area (Å²) in [5, 5.41) is 9.43. The van der Waals surface area contributed by atoms with Gasteiger partial charge in [0.05, 0.1) is 25.3 Å². The second-order valence-electron chi connectivity index (χ2n) is 6.27. The normalized spacial score (nSPS) is 13.2. The number of carbonyl (C=O) groups is 1. The van der Waals surface area contributed by atoms with E-state index in [9.17, 15) is 9.90 Å². The Balaban J connectivity index is 2.84. The van der Waals surface area contributed by atoms with E-state index in [-0.39, 0.29) is 5.41 Å². The van der Waals surface area contributed by atoms with Crippen LogP contribution in [0.15, 0.2) is 12.1 Å². The molecule has 1 aromatic heterocycles. The third-order valence-electron chi connectivity index (χ3n) is 3.61. The summed E-state index contributed by atoms with van der Waals surface area (Å²) in [6, 6.07) is 2.82. The Morgan fingerprint density at radius 1 is 1.23 bits per heavy atom. The van der Waals surface area contributed by atoms with Gasteiger partial charge in [0, 0.05) is 17.5 Å². The summed E-state index contributed by atoms with van der Waals surface area (Å²) in [7, 11) is 3.11. The lowest BCUT2D eigenvalue weighted by atomic mass is 9.95. The van der Waals surface area contributed by atoms with Crippen molar-refractivity contribution in [3.63, 3.8) is 0 Å². The Morgan fingerprint density at radius 3 is 2.23 bits per heavy atom. The van der Waals surface area contributed by atoms with Gasteiger partial charge in [0.2, 0.25) is 0 Å². The van der Waals surface area contributed by atoms with E-state index in [0.29, 0.717) is 22.8 Å². The number of carboxylic acids is 1. The molecule has 1 atom stereocenters. The standard InChI is InChI=1S/C16H22N2O4/c1-9(14(19)20)18-11-8-13(22-6)12(21-5)7-10(11)17-15(18)16(2,3)4/h7-9H,1-6H3,(H,19,20). The van der Waals surface area contributed by atoms with Crippen LogP contribution in [0.25, 0.3) is 11.0 Å². The summed E-state index contributed by atoms with van der Waals surface area (Å²) in [6.07, 6.45) is 0. The molecule has 6 nitrogen and oxygen atoms in total. The highest BCUT2D eigenvalue weighted by Crippen LogP contribution is 2.36. The minimum atomic E-state index is -0.903. The van der Waals surface area contributed by atoms with E-state index in [4.69, 9.17) is 9.47 Å². The van der Waals surface area contributed by atoms with E-state index in [0.717, 1.165) is 5.52 Å². The number of ether oxygens (including phenoxy) is 2. The maximum absolute atomic E-state index is 11.5. The van der Waals surface area contributed by atoms with Gasteiger partial charge in [-0.3, -0.25) is 0 Å². The molecule has 22 heavy (non-hydrogen) atoms. The zero-order valence-electron chi connectivity index (χ0n) is 13.8. The van der Waals surface area contributed by atoms with Crippen molar-refractivity contribution in [1.82, 2.24) is 9.55 Å². The summed E-state index contributed by atoms with van der Waals surface area (Å²) >= 11 is 0. The Labute approximate surface area is 129 Å². The highest BCUT2D eigenvalue weighted by atomic mass is 16.5. The fourth-order valence-corrected chi connectivity index (χ4v) is 2.45. The number of aromatic nitrogens is 2. The second kappa shape index (κ2) is 5.51. The molecule has 1 heterocycles. The molecular weight excluding hydrogens is 284 g/mol. The minimum absolute atomic E-state index is 0.288. The number of benzene rings is 1. The van der Waals surface area contributed by atoms with E-state index in [1.54, 1.807) is 37.8 Å². The van der Waals surface area contributed by atoms with E-state index in [2.05, 4.69) is 4.98 Å². The fraction of sp³-hybridized carbons (Fsp3) is 0.500. The highest BCUT2D eigenvalue weighted by Gasteiger charge is 2.28. The maximum Gasteiger partial charge on any atom is 0.326 e. The number of imidazole rings is 1. The predicted octanol–water partition coefficient (Wildman–Crippen LogP) is 3.00. The van der Waals surface area contributed by atoms with Gasteiger partial charge in [0.1, 0.15) is 11.9 Å². The van der Waals surface area contributed by atoms with Crippen LogP contribution in [0, 0.1) is 0 Å². The molecule has 0 saturated heterocycles. The molecule has 1 aromatic carbocycles. The number of rotatable bonds is 4. The first kappa shape index (κ1) is 16.1. The molecule has 0 fully saturated rings. The van der Waals surface area contributed by atoms with Crippen molar-refractivity contribution >= 4 is 17.0 Å². The molecule has 0 aliphatic rings. The molecular formula is C16H22N2O4. The average Bonchev–Trinajstić information content (AvgIpc) is 2.82. The van der Waals surface area contributed by atoms with Crippen molar-refractivity contribution in [3.05, 3.63) is 18.0 Å². The van der Waals surface area contributed by atoms with Crippen molar-refractivity contribution in [2.24, 2.45) is 0 Å². The minimum Gasteiger partial charge on any atom is -0.493 e. The smallest absolute Gasteiger partial charge is 0.326 e. The monoisotopic (exact) mass is 306 g/mol. The van der Waals surface area contributed by atoms with E-state index >= 15 is 0 Å². The topological polar surface area (TPSA) is 73.6 Å². The first-order valence-corrected chi connectivity index (χ1v) is 7.08. The number of carboxylic acid groups (broad SMARTS) is 1. The Morgan fingerprint density at radius 2 is 1.77 bits per heavy atom. The fourth-order valence-electron chi connectivity index (χ4n) is 2.45. The largest absolute Gasteiger partial charge is 0.493 e. The van der Waals surface area contributed by atoms with E-state index in [1.807, 2.05) is 20.8 Å². The maximum atomic E-state index is 11.5. The van der Waals surface area contributed by atoms with Crippen LogP contribution < -0.4 is 9.47 Å². The second-order valence-corrected chi connectivity index (χ2v) is 6.27. The molecule has 1 unspecified atom stereocenters. The molecule has 2 rings (SSSR count). The van der Waals surface area contributed by atoms with Gasteiger partial charge in [0.25, 0.3) is 0 Å². The van der Waals surface area contributed by atoms with Gasteiger partial charge >= 0.3 is 5.97 Å². The lowest BCUT2D eigenvalue weighted by Crippen LogP contribution is -2.24. The number of aliphatic carboxylic acids is 1. The number of hydrogen-bond acceptors (Lipinski definition) is 4. The molecule has 6 heteroatoms. The van der Waals surface area contributed by atoms with Crippen molar-refractivity contribution in [3.8, 4) is 11.5 Å². The molecule has 0 bridgehead atoms. The summed E-state index contributed by atoms with van der Waals surface area (Å²) < 4.78 is 12.4. The molecule has 0 amide bonds. The van der Waals surface area contributed by atoms with Crippen LogP contribution in [0.5, 0.6) is 11.5 Å². The summed E-state index contributed by atoms with van der Waals surface area (Å²) in [6.45, 7) is 7.67. The molecule has 0 saturated carbocycles. The zero-order valence-corrected chi connectivity index (χ0v) is 13.8. The SMILES string of the molecule is COc1cc2nc(C(C)(C)C)n(C(C)C(=O)O)c2cc1OC. The molecule has 2 aromatic rings. The summed E-state index contributed by atoms with van der Waals surface area (Å²) in [5.41, 5.74) is 1.12. The Hall–Kier alpha value is -2.24. The van der Waals surface area contributed by atoms with Crippen molar-refractivity contribution in [1.29, 1.82) is 0 Å². The van der Waals surface area contributed by atoms with Crippen LogP contribution in [-0.4, -0.2) is 34.8 Å². The van der Waals surface area contributed by atoms with Crippen LogP contribution in [0.1, 0.15) is 39.6 Å². The zero-order chi connectivity index (χ0) is 16.7. The first-order valence-electron chi connectivity index (χ1n) is 7.08. The van der Waals surface area contributed by atoms with Gasteiger partial charge < -0.3 is 19.1 Å². The number of hydrogen-bond donors (Lipinski definition) is 1. The third kappa shape index (κ3) is 2.61. The molecule has 0 aliphatic heterocycles. The van der Waals surface area contributed by atoms with Crippen LogP contribution in [-0.2, 0) is 10.2 Å². The number of fused-ring (bicyclic) bond motifs is 1. The van der Waals surface area contributed by atoms with Gasteiger partial charge in [-0.05, 0) is 6.92 Å². The van der Waals surface area contributed by atoms with Crippen LogP contribution in [0.3, 0.4) is 0 Å². The molecule has 1 N–H and O–H groups in total. The number of nitrogens with zero attached hydrogens (tertiary/aromatic N) is 2. The quantitative estimate of drug-likeness (QED) is 0.940. The highest BCUT2D eigenvalue weighted by molar-refractivity contribution is 5.83. The van der Waals surface area contributed by atoms with E-state index in [1.165, 1.54) is 0 Å². The predicted molar refractivity (Wildman–Crippen MR) is 83.9 cm³/mol. The van der Waals surface area contributed by atoms with Gasteiger partial charge in [0.15, 0.2) is 11.5 Å². The summed E-state index contributed by atoms with van der Waals surface area (Å²) in [5.74, 6) is 0.935. The van der Waals surface area contributed by atoms with Crippen molar-refractivity contribution in [2.45, 2.75) is 39.2 Å². The van der Waals surface area contributed by atoms with Gasteiger partial charge in [-0.15, -0.1) is 0 Å². The van der Waals surface area contributed by atoms with Crippen LogP contribution in [0.2, 0.25) is 0 Å². The van der Waals surface area contributed by atoms with Crippen LogP contribution >= 0.6 is 0 Å². The third-order valence-corrected chi connectivity index (χ3v) is 3.61. The lowest BCUT2D eigenvalue weighted by molar-refractivity contribution is -0.140. The molecule has 0 radical (unpaired) electrons. The van der Waals surface area contributed by atoms with Crippen LogP contribution in [0.4, 0.5) is 0 Å².